The number of rotatable bonds is 2. The summed E-state index contributed by atoms with van der Waals surface area (Å²) in [5.41, 5.74) is 3.04. The zero-order valence-corrected chi connectivity index (χ0v) is 8.86. The molecule has 3 heteroatoms. The summed E-state index contributed by atoms with van der Waals surface area (Å²) in [6, 6.07) is 2.45. The number of aryl methyl sites for hydroxylation is 1. The van der Waals surface area contributed by atoms with Crippen molar-refractivity contribution in [1.82, 2.24) is 14.5 Å². The Kier molecular flexibility index (Phi) is 2.23. The second-order valence-electron chi connectivity index (χ2n) is 3.74. The van der Waals surface area contributed by atoms with Crippen molar-refractivity contribution in [3.63, 3.8) is 0 Å². The number of aromatic nitrogens is 3. The van der Waals surface area contributed by atoms with Crippen molar-refractivity contribution >= 4 is 11.2 Å². The van der Waals surface area contributed by atoms with Gasteiger partial charge in [0.05, 0.1) is 5.69 Å². The molecule has 0 aliphatic carbocycles. The topological polar surface area (TPSA) is 30.7 Å². The fourth-order valence-corrected chi connectivity index (χ4v) is 1.54. The molecule has 0 saturated carbocycles. The quantitative estimate of drug-likeness (QED) is 0.727. The van der Waals surface area contributed by atoms with Crippen molar-refractivity contribution in [2.45, 2.75) is 33.2 Å². The molecule has 0 aromatic carbocycles. The molecule has 0 fully saturated rings. The van der Waals surface area contributed by atoms with E-state index in [-0.39, 0.29) is 0 Å². The maximum atomic E-state index is 4.58. The lowest BCUT2D eigenvalue weighted by atomic mass is 10.3. The molecule has 14 heavy (non-hydrogen) atoms. The highest BCUT2D eigenvalue weighted by Gasteiger charge is 2.06. The monoisotopic (exact) mass is 189 g/mol. The lowest BCUT2D eigenvalue weighted by Gasteiger charge is -2.08. The summed E-state index contributed by atoms with van der Waals surface area (Å²) in [4.78, 5) is 8.95. The molecule has 2 rings (SSSR count). The third-order valence-corrected chi connectivity index (χ3v) is 2.39. The van der Waals surface area contributed by atoms with Crippen LogP contribution in [0.3, 0.4) is 0 Å². The van der Waals surface area contributed by atoms with Gasteiger partial charge in [0.1, 0.15) is 5.52 Å². The summed E-state index contributed by atoms with van der Waals surface area (Å²) < 4.78 is 2.15. The van der Waals surface area contributed by atoms with Crippen LogP contribution in [-0.4, -0.2) is 14.5 Å². The highest BCUT2D eigenvalue weighted by atomic mass is 15.1. The van der Waals surface area contributed by atoms with Gasteiger partial charge in [-0.25, -0.2) is 4.98 Å². The standard InChI is InChI=1S/C11H15N3/c1-4-9-7-12-10-5-6-14(8(2)3)11(10)13-9/h5-8H,4H2,1-3H3. The highest BCUT2D eigenvalue weighted by Crippen LogP contribution is 2.16. The highest BCUT2D eigenvalue weighted by molar-refractivity contribution is 5.71. The van der Waals surface area contributed by atoms with Gasteiger partial charge >= 0.3 is 0 Å². The average molecular weight is 189 g/mol. The molecule has 0 aliphatic heterocycles. The molecular weight excluding hydrogens is 174 g/mol. The Bertz CT molecular complexity index is 443. The Hall–Kier alpha value is -1.38. The van der Waals surface area contributed by atoms with Gasteiger partial charge in [-0.05, 0) is 26.3 Å². The number of hydrogen-bond acceptors (Lipinski definition) is 2. The van der Waals surface area contributed by atoms with E-state index in [2.05, 4.69) is 41.5 Å². The first kappa shape index (κ1) is 9.19. The van der Waals surface area contributed by atoms with Gasteiger partial charge in [-0.3, -0.25) is 4.98 Å². The summed E-state index contributed by atoms with van der Waals surface area (Å²) in [6.07, 6.45) is 4.84. The zero-order valence-electron chi connectivity index (χ0n) is 8.86. The Morgan fingerprint density at radius 1 is 1.43 bits per heavy atom. The van der Waals surface area contributed by atoms with E-state index in [9.17, 15) is 0 Å². The summed E-state index contributed by atoms with van der Waals surface area (Å²) in [6.45, 7) is 6.40. The minimum Gasteiger partial charge on any atom is -0.329 e. The van der Waals surface area contributed by atoms with Crippen molar-refractivity contribution in [2.24, 2.45) is 0 Å². The molecule has 2 heterocycles. The molecule has 0 aliphatic rings. The lowest BCUT2D eigenvalue weighted by Crippen LogP contribution is -2.01. The second kappa shape index (κ2) is 3.40. The van der Waals surface area contributed by atoms with Crippen molar-refractivity contribution in [2.75, 3.05) is 0 Å². The minimum absolute atomic E-state index is 0.439. The van der Waals surface area contributed by atoms with Gasteiger partial charge in [0.25, 0.3) is 0 Å². The van der Waals surface area contributed by atoms with Crippen LogP contribution in [0.15, 0.2) is 18.5 Å². The first-order chi connectivity index (χ1) is 6.72. The van der Waals surface area contributed by atoms with Crippen LogP contribution in [0.1, 0.15) is 32.5 Å². The van der Waals surface area contributed by atoms with Crippen molar-refractivity contribution in [3.8, 4) is 0 Å². The van der Waals surface area contributed by atoms with E-state index in [4.69, 9.17) is 0 Å². The summed E-state index contributed by atoms with van der Waals surface area (Å²) >= 11 is 0. The lowest BCUT2D eigenvalue weighted by molar-refractivity contribution is 0.617. The molecule has 74 valence electrons. The van der Waals surface area contributed by atoms with E-state index in [0.717, 1.165) is 23.3 Å². The zero-order chi connectivity index (χ0) is 10.1. The molecular formula is C11H15N3. The molecule has 3 nitrogen and oxygen atoms in total. The summed E-state index contributed by atoms with van der Waals surface area (Å²) in [5.74, 6) is 0. The molecule has 2 aromatic rings. The van der Waals surface area contributed by atoms with Crippen molar-refractivity contribution in [1.29, 1.82) is 0 Å². The van der Waals surface area contributed by atoms with E-state index in [1.165, 1.54) is 0 Å². The van der Waals surface area contributed by atoms with Gasteiger partial charge < -0.3 is 4.57 Å². The van der Waals surface area contributed by atoms with Crippen molar-refractivity contribution < 1.29 is 0 Å². The Morgan fingerprint density at radius 3 is 2.86 bits per heavy atom. The first-order valence-electron chi connectivity index (χ1n) is 5.05. The van der Waals surface area contributed by atoms with Crippen LogP contribution in [0.25, 0.3) is 11.2 Å². The van der Waals surface area contributed by atoms with Crippen LogP contribution >= 0.6 is 0 Å². The van der Waals surface area contributed by atoms with Gasteiger partial charge in [0, 0.05) is 18.4 Å². The van der Waals surface area contributed by atoms with Gasteiger partial charge in [0.15, 0.2) is 5.65 Å². The van der Waals surface area contributed by atoms with Crippen molar-refractivity contribution in [3.05, 3.63) is 24.2 Å². The number of nitrogens with zero attached hydrogens (tertiary/aromatic N) is 3. The van der Waals surface area contributed by atoms with Crippen LogP contribution in [-0.2, 0) is 6.42 Å². The molecule has 0 saturated heterocycles. The molecule has 0 bridgehead atoms. The fraction of sp³-hybridized carbons (Fsp3) is 0.455. The maximum absolute atomic E-state index is 4.58. The smallest absolute Gasteiger partial charge is 0.159 e. The van der Waals surface area contributed by atoms with E-state index in [1.54, 1.807) is 0 Å². The van der Waals surface area contributed by atoms with Crippen LogP contribution in [0, 0.1) is 0 Å². The van der Waals surface area contributed by atoms with Crippen LogP contribution in [0.2, 0.25) is 0 Å². The molecule has 0 spiro atoms. The molecule has 0 amide bonds. The minimum atomic E-state index is 0.439. The second-order valence-corrected chi connectivity index (χ2v) is 3.74. The largest absolute Gasteiger partial charge is 0.329 e. The number of hydrogen-bond donors (Lipinski definition) is 0. The van der Waals surface area contributed by atoms with Gasteiger partial charge in [-0.1, -0.05) is 6.92 Å². The van der Waals surface area contributed by atoms with Gasteiger partial charge in [0.2, 0.25) is 0 Å². The summed E-state index contributed by atoms with van der Waals surface area (Å²) in [5, 5.41) is 0. The maximum Gasteiger partial charge on any atom is 0.159 e. The van der Waals surface area contributed by atoms with Gasteiger partial charge in [-0.15, -0.1) is 0 Å². The van der Waals surface area contributed by atoms with Crippen LogP contribution < -0.4 is 0 Å². The Balaban J connectivity index is 2.63. The molecule has 0 unspecified atom stereocenters. The van der Waals surface area contributed by atoms with Gasteiger partial charge in [-0.2, -0.15) is 0 Å². The van der Waals surface area contributed by atoms with E-state index in [1.807, 2.05) is 12.3 Å². The number of fused-ring (bicyclic) bond motifs is 1. The van der Waals surface area contributed by atoms with E-state index >= 15 is 0 Å². The average Bonchev–Trinajstić information content (AvgIpc) is 2.59. The normalized spacial score (nSPS) is 11.4. The van der Waals surface area contributed by atoms with Crippen LogP contribution in [0.4, 0.5) is 0 Å². The van der Waals surface area contributed by atoms with Crippen LogP contribution in [0.5, 0.6) is 0 Å². The predicted octanol–water partition coefficient (Wildman–Crippen LogP) is 2.57. The first-order valence-corrected chi connectivity index (χ1v) is 5.05. The Labute approximate surface area is 83.8 Å². The molecule has 0 radical (unpaired) electrons. The van der Waals surface area contributed by atoms with E-state index in [0.29, 0.717) is 6.04 Å². The SMILES string of the molecule is CCc1cnc2ccn(C(C)C)c2n1. The Morgan fingerprint density at radius 2 is 2.21 bits per heavy atom. The molecule has 0 N–H and O–H groups in total. The third-order valence-electron chi connectivity index (χ3n) is 2.39. The third kappa shape index (κ3) is 1.39. The van der Waals surface area contributed by atoms with E-state index < -0.39 is 0 Å². The predicted molar refractivity (Wildman–Crippen MR) is 57.3 cm³/mol. The summed E-state index contributed by atoms with van der Waals surface area (Å²) in [7, 11) is 0. The molecule has 0 atom stereocenters. The fourth-order valence-electron chi connectivity index (χ4n) is 1.54. The molecule has 2 aromatic heterocycles.